The molecule has 0 aliphatic carbocycles. The first-order chi connectivity index (χ1) is 14.8. The van der Waals surface area contributed by atoms with Gasteiger partial charge in [0, 0.05) is 21.5 Å². The molecule has 3 aromatic carbocycles. The van der Waals surface area contributed by atoms with Gasteiger partial charge in [-0.15, -0.1) is 0 Å². The number of aryl methyl sites for hydroxylation is 1. The third-order valence-corrected chi connectivity index (χ3v) is 8.56. The molecule has 0 atom stereocenters. The van der Waals surface area contributed by atoms with E-state index >= 15 is 4.57 Å². The lowest BCUT2D eigenvalue weighted by Gasteiger charge is -2.29. The Balaban J connectivity index is 2.42. The molecule has 168 valence electrons. The van der Waals surface area contributed by atoms with Gasteiger partial charge in [0.25, 0.3) is 5.91 Å². The third kappa shape index (κ3) is 4.89. The van der Waals surface area contributed by atoms with Crippen LogP contribution in [-0.2, 0) is 9.98 Å². The topological polar surface area (TPSA) is 46.2 Å². The van der Waals surface area contributed by atoms with Gasteiger partial charge in [0.2, 0.25) is 0 Å². The van der Waals surface area contributed by atoms with Crippen molar-refractivity contribution < 1.29 is 9.36 Å². The van der Waals surface area contributed by atoms with Gasteiger partial charge in [-0.05, 0) is 56.4 Å². The Morgan fingerprint density at radius 1 is 0.781 bits per heavy atom. The molecule has 0 aliphatic rings. The summed E-state index contributed by atoms with van der Waals surface area (Å²) in [6, 6.07) is 23.0. The maximum atomic E-state index is 15.1. The fourth-order valence-corrected chi connectivity index (χ4v) is 6.91. The first-order valence-electron chi connectivity index (χ1n) is 11.0. The number of carbonyl (C=O) groups is 1. The van der Waals surface area contributed by atoms with Crippen LogP contribution in [0.4, 0.5) is 0 Å². The second-order valence-electron chi connectivity index (χ2n) is 10.4. The van der Waals surface area contributed by atoms with Gasteiger partial charge in [-0.25, -0.2) is 0 Å². The van der Waals surface area contributed by atoms with Crippen molar-refractivity contribution in [1.82, 2.24) is 5.32 Å². The van der Waals surface area contributed by atoms with Gasteiger partial charge in [-0.3, -0.25) is 4.79 Å². The largest absolute Gasteiger partial charge is 0.347 e. The van der Waals surface area contributed by atoms with Crippen molar-refractivity contribution in [3.05, 3.63) is 89.5 Å². The monoisotopic (exact) mass is 447 g/mol. The van der Waals surface area contributed by atoms with E-state index in [1.165, 1.54) is 0 Å². The van der Waals surface area contributed by atoms with Gasteiger partial charge in [0.05, 0.1) is 5.56 Å². The lowest BCUT2D eigenvalue weighted by atomic mass is 9.83. The zero-order valence-electron chi connectivity index (χ0n) is 20.2. The van der Waals surface area contributed by atoms with Crippen LogP contribution in [-0.4, -0.2) is 11.4 Å². The maximum absolute atomic E-state index is 15.1. The predicted molar refractivity (Wildman–Crippen MR) is 136 cm³/mol. The van der Waals surface area contributed by atoms with Crippen LogP contribution in [0, 0.1) is 6.92 Å². The van der Waals surface area contributed by atoms with Gasteiger partial charge in [-0.1, -0.05) is 81.4 Å². The van der Waals surface area contributed by atoms with Crippen molar-refractivity contribution >= 4 is 29.0 Å². The lowest BCUT2D eigenvalue weighted by Crippen LogP contribution is -2.43. The van der Waals surface area contributed by atoms with Crippen LogP contribution in [0.15, 0.2) is 72.8 Å². The van der Waals surface area contributed by atoms with E-state index < -0.39 is 12.7 Å². The molecule has 3 nitrogen and oxygen atoms in total. The van der Waals surface area contributed by atoms with Crippen molar-refractivity contribution in [3.8, 4) is 0 Å². The van der Waals surface area contributed by atoms with E-state index in [-0.39, 0.29) is 11.3 Å². The van der Waals surface area contributed by atoms with E-state index in [1.54, 1.807) is 0 Å². The summed E-state index contributed by atoms with van der Waals surface area (Å²) in [6.45, 7) is 14.3. The van der Waals surface area contributed by atoms with Crippen molar-refractivity contribution in [1.29, 1.82) is 0 Å². The van der Waals surface area contributed by atoms with E-state index in [9.17, 15) is 4.79 Å². The number of nitrogens with one attached hydrogen (secondary N) is 1. The Kier molecular flexibility index (Phi) is 6.54. The number of benzene rings is 3. The molecule has 0 unspecified atom stereocenters. The van der Waals surface area contributed by atoms with Crippen LogP contribution in [0.25, 0.3) is 0 Å². The average molecular weight is 448 g/mol. The smallest absolute Gasteiger partial charge is 0.252 e. The van der Waals surface area contributed by atoms with E-state index in [2.05, 4.69) is 26.1 Å². The highest BCUT2D eigenvalue weighted by Gasteiger charge is 2.35. The molecule has 3 rings (SSSR count). The SMILES string of the molecule is Cc1cc(C(=O)NC(C)(C)C)c(P(=O)(c2ccccc2)c2ccccc2)cc1C(C)(C)C. The Morgan fingerprint density at radius 2 is 1.25 bits per heavy atom. The summed E-state index contributed by atoms with van der Waals surface area (Å²) in [4.78, 5) is 13.5. The Labute approximate surface area is 192 Å². The molecule has 4 heteroatoms. The highest BCUT2D eigenvalue weighted by Crippen LogP contribution is 2.44. The molecule has 0 saturated carbocycles. The Bertz CT molecular complexity index is 1110. The number of carbonyl (C=O) groups excluding carboxylic acids is 1. The van der Waals surface area contributed by atoms with E-state index in [4.69, 9.17) is 0 Å². The molecule has 0 spiro atoms. The third-order valence-electron chi connectivity index (χ3n) is 5.46. The van der Waals surface area contributed by atoms with Gasteiger partial charge >= 0.3 is 0 Å². The quantitative estimate of drug-likeness (QED) is 0.540. The molecule has 32 heavy (non-hydrogen) atoms. The predicted octanol–water partition coefficient (Wildman–Crippen LogP) is 5.46. The first kappa shape index (κ1) is 24.0. The van der Waals surface area contributed by atoms with Crippen molar-refractivity contribution in [2.45, 2.75) is 59.4 Å². The Morgan fingerprint density at radius 3 is 1.66 bits per heavy atom. The molecule has 1 amide bonds. The summed E-state index contributed by atoms with van der Waals surface area (Å²) in [5, 5.41) is 5.11. The van der Waals surface area contributed by atoms with Crippen LogP contribution >= 0.6 is 7.14 Å². The minimum atomic E-state index is -3.31. The summed E-state index contributed by atoms with van der Waals surface area (Å²) < 4.78 is 15.1. The maximum Gasteiger partial charge on any atom is 0.252 e. The second-order valence-corrected chi connectivity index (χ2v) is 13.2. The number of hydrogen-bond acceptors (Lipinski definition) is 2. The summed E-state index contributed by atoms with van der Waals surface area (Å²) in [5.41, 5.74) is 2.02. The number of amides is 1. The fraction of sp³-hybridized carbons (Fsp3) is 0.321. The molecule has 0 aliphatic heterocycles. The summed E-state index contributed by atoms with van der Waals surface area (Å²) in [6.07, 6.45) is 0. The minimum Gasteiger partial charge on any atom is -0.347 e. The molecule has 0 fully saturated rings. The zero-order chi connectivity index (χ0) is 23.7. The van der Waals surface area contributed by atoms with Crippen LogP contribution in [0.5, 0.6) is 0 Å². The van der Waals surface area contributed by atoms with E-state index in [0.29, 0.717) is 10.9 Å². The first-order valence-corrected chi connectivity index (χ1v) is 12.7. The molecule has 0 aromatic heterocycles. The van der Waals surface area contributed by atoms with Crippen LogP contribution in [0.2, 0.25) is 0 Å². The van der Waals surface area contributed by atoms with E-state index in [1.807, 2.05) is 100 Å². The highest BCUT2D eigenvalue weighted by molar-refractivity contribution is 7.85. The number of hydrogen-bond donors (Lipinski definition) is 1. The van der Waals surface area contributed by atoms with Gasteiger partial charge in [0.1, 0.15) is 0 Å². The number of rotatable bonds is 4. The van der Waals surface area contributed by atoms with Crippen molar-refractivity contribution in [2.24, 2.45) is 0 Å². The van der Waals surface area contributed by atoms with Gasteiger partial charge in [0.15, 0.2) is 7.14 Å². The average Bonchev–Trinajstić information content (AvgIpc) is 2.72. The van der Waals surface area contributed by atoms with Crippen molar-refractivity contribution in [3.63, 3.8) is 0 Å². The van der Waals surface area contributed by atoms with Crippen molar-refractivity contribution in [2.75, 3.05) is 0 Å². The minimum absolute atomic E-state index is 0.157. The Hall–Kier alpha value is -2.64. The summed E-state index contributed by atoms with van der Waals surface area (Å²) in [7, 11) is -3.31. The summed E-state index contributed by atoms with van der Waals surface area (Å²) >= 11 is 0. The molecule has 0 saturated heterocycles. The molecular weight excluding hydrogens is 413 g/mol. The standard InChI is InChI=1S/C28H34NO2P/c1-20-18-23(26(30)29-28(5,6)7)25(19-24(20)27(2,3)4)32(31,21-14-10-8-11-15-21)22-16-12-9-13-17-22/h8-19H,1-7H3,(H,29,30). The molecular formula is C28H34NO2P. The van der Waals surface area contributed by atoms with E-state index in [0.717, 1.165) is 21.7 Å². The van der Waals surface area contributed by atoms with Crippen LogP contribution < -0.4 is 21.2 Å². The molecule has 0 heterocycles. The molecule has 0 bridgehead atoms. The van der Waals surface area contributed by atoms with Gasteiger partial charge in [-0.2, -0.15) is 0 Å². The van der Waals surface area contributed by atoms with Crippen LogP contribution in [0.3, 0.4) is 0 Å². The summed E-state index contributed by atoms with van der Waals surface area (Å²) in [5.74, 6) is -0.205. The highest BCUT2D eigenvalue weighted by atomic mass is 31.2. The zero-order valence-corrected chi connectivity index (χ0v) is 21.1. The molecule has 0 radical (unpaired) electrons. The second kappa shape index (κ2) is 8.71. The molecule has 3 aromatic rings. The normalized spacial score (nSPS) is 12.5. The lowest BCUT2D eigenvalue weighted by molar-refractivity contribution is 0.0920. The fourth-order valence-electron chi connectivity index (χ4n) is 4.06. The van der Waals surface area contributed by atoms with Gasteiger partial charge < -0.3 is 9.88 Å². The van der Waals surface area contributed by atoms with Crippen LogP contribution in [0.1, 0.15) is 63.0 Å². The molecule has 1 N–H and O–H groups in total.